The Kier molecular flexibility index (Phi) is 7.24. The summed E-state index contributed by atoms with van der Waals surface area (Å²) in [7, 11) is 1.68. The quantitative estimate of drug-likeness (QED) is 0.380. The molecule has 1 saturated heterocycles. The molecule has 4 heterocycles. The lowest BCUT2D eigenvalue weighted by atomic mass is 10.1. The number of hydrogen-bond acceptors (Lipinski definition) is 7. The number of ether oxygens (including phenoxy) is 3. The van der Waals surface area contributed by atoms with Gasteiger partial charge in [-0.1, -0.05) is 11.6 Å². The normalized spacial score (nSPS) is 16.2. The Morgan fingerprint density at radius 1 is 1.10 bits per heavy atom. The highest BCUT2D eigenvalue weighted by molar-refractivity contribution is 6.29. The summed E-state index contributed by atoms with van der Waals surface area (Å²) >= 11 is 6.02. The van der Waals surface area contributed by atoms with Gasteiger partial charge in [0.05, 0.1) is 56.3 Å². The number of morpholine rings is 1. The van der Waals surface area contributed by atoms with Crippen molar-refractivity contribution < 1.29 is 14.2 Å². The summed E-state index contributed by atoms with van der Waals surface area (Å²) in [6.07, 6.45) is 5.70. The standard InChI is InChI=1S/C21H26ClN5O3/c1-28-8-9-30-18(14-26-4-6-29-7-5-26)15-27-13-17(12-24-27)16-10-20-19(23-11-16)2-3-21(22)25-20/h2-3,10-13,18H,4-9,14-15H2,1H3. The summed E-state index contributed by atoms with van der Waals surface area (Å²) in [5.41, 5.74) is 3.51. The lowest BCUT2D eigenvalue weighted by Crippen LogP contribution is -2.43. The Hall–Kier alpha value is -2.10. The molecule has 0 radical (unpaired) electrons. The number of halogens is 1. The maximum atomic E-state index is 6.07. The van der Waals surface area contributed by atoms with E-state index in [0.717, 1.165) is 55.0 Å². The molecule has 3 aromatic heterocycles. The molecule has 30 heavy (non-hydrogen) atoms. The SMILES string of the molecule is COCCOC(CN1CCOCC1)Cn1cc(-c2cnc3ccc(Cl)nc3c2)cn1. The third-order valence-electron chi connectivity index (χ3n) is 5.07. The Balaban J connectivity index is 1.46. The predicted molar refractivity (Wildman–Crippen MR) is 115 cm³/mol. The molecule has 3 aromatic rings. The number of aromatic nitrogens is 4. The first-order chi connectivity index (χ1) is 14.7. The molecule has 0 aliphatic carbocycles. The first-order valence-electron chi connectivity index (χ1n) is 10.1. The van der Waals surface area contributed by atoms with Gasteiger partial charge in [-0.2, -0.15) is 5.10 Å². The van der Waals surface area contributed by atoms with E-state index >= 15 is 0 Å². The molecule has 0 saturated carbocycles. The highest BCUT2D eigenvalue weighted by Gasteiger charge is 2.18. The second kappa shape index (κ2) is 10.3. The molecule has 0 amide bonds. The zero-order chi connectivity index (χ0) is 20.8. The molecule has 1 aliphatic rings. The summed E-state index contributed by atoms with van der Waals surface area (Å²) in [6.45, 7) is 6.00. The third kappa shape index (κ3) is 5.53. The van der Waals surface area contributed by atoms with Crippen molar-refractivity contribution >= 4 is 22.6 Å². The van der Waals surface area contributed by atoms with E-state index in [1.807, 2.05) is 35.4 Å². The second-order valence-corrected chi connectivity index (χ2v) is 7.63. The minimum absolute atomic E-state index is 0.0150. The van der Waals surface area contributed by atoms with E-state index in [1.54, 1.807) is 13.2 Å². The molecule has 0 bridgehead atoms. The lowest BCUT2D eigenvalue weighted by Gasteiger charge is -2.30. The lowest BCUT2D eigenvalue weighted by molar-refractivity contribution is -0.0315. The molecule has 1 atom stereocenters. The van der Waals surface area contributed by atoms with Gasteiger partial charge in [-0.3, -0.25) is 14.6 Å². The van der Waals surface area contributed by atoms with Crippen LogP contribution in [-0.4, -0.2) is 83.9 Å². The van der Waals surface area contributed by atoms with Crippen molar-refractivity contribution in [3.05, 3.63) is 41.9 Å². The molecule has 160 valence electrons. The van der Waals surface area contributed by atoms with E-state index in [-0.39, 0.29) is 6.10 Å². The van der Waals surface area contributed by atoms with Gasteiger partial charge in [0.15, 0.2) is 0 Å². The molecular weight excluding hydrogens is 406 g/mol. The topological polar surface area (TPSA) is 74.5 Å². The van der Waals surface area contributed by atoms with Crippen LogP contribution >= 0.6 is 11.6 Å². The fraction of sp³-hybridized carbons (Fsp3) is 0.476. The summed E-state index contributed by atoms with van der Waals surface area (Å²) in [5, 5.41) is 4.99. The van der Waals surface area contributed by atoms with Crippen LogP contribution < -0.4 is 0 Å². The number of rotatable bonds is 9. The van der Waals surface area contributed by atoms with Crippen molar-refractivity contribution in [1.29, 1.82) is 0 Å². The van der Waals surface area contributed by atoms with Gasteiger partial charge in [-0.25, -0.2) is 4.98 Å². The molecule has 8 nitrogen and oxygen atoms in total. The van der Waals surface area contributed by atoms with Crippen molar-refractivity contribution in [2.24, 2.45) is 0 Å². The van der Waals surface area contributed by atoms with Crippen LogP contribution in [-0.2, 0) is 20.8 Å². The molecule has 1 unspecified atom stereocenters. The number of fused-ring (bicyclic) bond motifs is 1. The average Bonchev–Trinajstić information content (AvgIpc) is 3.22. The van der Waals surface area contributed by atoms with Crippen molar-refractivity contribution in [3.8, 4) is 11.1 Å². The van der Waals surface area contributed by atoms with E-state index < -0.39 is 0 Å². The molecule has 9 heteroatoms. The largest absolute Gasteiger partial charge is 0.382 e. The molecular formula is C21H26ClN5O3. The van der Waals surface area contributed by atoms with Gasteiger partial charge >= 0.3 is 0 Å². The van der Waals surface area contributed by atoms with Gasteiger partial charge in [-0.05, 0) is 18.2 Å². The summed E-state index contributed by atoms with van der Waals surface area (Å²) in [5.74, 6) is 0. The second-order valence-electron chi connectivity index (χ2n) is 7.25. The Morgan fingerprint density at radius 3 is 2.80 bits per heavy atom. The molecule has 1 aliphatic heterocycles. The molecule has 4 rings (SSSR count). The van der Waals surface area contributed by atoms with E-state index in [9.17, 15) is 0 Å². The average molecular weight is 432 g/mol. The van der Waals surface area contributed by atoms with E-state index in [2.05, 4.69) is 20.0 Å². The van der Waals surface area contributed by atoms with Crippen molar-refractivity contribution in [2.45, 2.75) is 12.6 Å². The summed E-state index contributed by atoms with van der Waals surface area (Å²) < 4.78 is 18.6. The van der Waals surface area contributed by atoms with E-state index in [0.29, 0.717) is 24.9 Å². The Bertz CT molecular complexity index is 961. The monoisotopic (exact) mass is 431 g/mol. The predicted octanol–water partition coefficient (Wildman–Crippen LogP) is 2.51. The smallest absolute Gasteiger partial charge is 0.129 e. The summed E-state index contributed by atoms with van der Waals surface area (Å²) in [6, 6.07) is 5.59. The zero-order valence-corrected chi connectivity index (χ0v) is 17.8. The third-order valence-corrected chi connectivity index (χ3v) is 5.28. The van der Waals surface area contributed by atoms with E-state index in [4.69, 9.17) is 25.8 Å². The van der Waals surface area contributed by atoms with Crippen LogP contribution in [0.2, 0.25) is 5.15 Å². The maximum Gasteiger partial charge on any atom is 0.129 e. The van der Waals surface area contributed by atoms with Gasteiger partial charge in [0.2, 0.25) is 0 Å². The van der Waals surface area contributed by atoms with Crippen molar-refractivity contribution in [3.63, 3.8) is 0 Å². The number of nitrogens with zero attached hydrogens (tertiary/aromatic N) is 5. The van der Waals surface area contributed by atoms with Gasteiger partial charge in [0.1, 0.15) is 5.15 Å². The zero-order valence-electron chi connectivity index (χ0n) is 17.0. The van der Waals surface area contributed by atoms with Gasteiger partial charge in [-0.15, -0.1) is 0 Å². The van der Waals surface area contributed by atoms with Crippen molar-refractivity contribution in [1.82, 2.24) is 24.6 Å². The Morgan fingerprint density at radius 2 is 1.97 bits per heavy atom. The van der Waals surface area contributed by atoms with Crippen LogP contribution in [0.25, 0.3) is 22.2 Å². The van der Waals surface area contributed by atoms with Gasteiger partial charge < -0.3 is 14.2 Å². The highest BCUT2D eigenvalue weighted by atomic mass is 35.5. The van der Waals surface area contributed by atoms with Gasteiger partial charge in [0.25, 0.3) is 0 Å². The first-order valence-corrected chi connectivity index (χ1v) is 10.4. The van der Waals surface area contributed by atoms with Crippen molar-refractivity contribution in [2.75, 3.05) is 53.2 Å². The molecule has 0 spiro atoms. The fourth-order valence-electron chi connectivity index (χ4n) is 3.49. The molecule has 0 N–H and O–H groups in total. The highest BCUT2D eigenvalue weighted by Crippen LogP contribution is 2.22. The van der Waals surface area contributed by atoms with Crippen LogP contribution in [0.5, 0.6) is 0 Å². The number of methoxy groups -OCH3 is 1. The fourth-order valence-corrected chi connectivity index (χ4v) is 3.65. The summed E-state index contributed by atoms with van der Waals surface area (Å²) in [4.78, 5) is 11.2. The van der Waals surface area contributed by atoms with Crippen LogP contribution in [0.3, 0.4) is 0 Å². The van der Waals surface area contributed by atoms with Crippen LogP contribution in [0, 0.1) is 0 Å². The first kappa shape index (κ1) is 21.1. The van der Waals surface area contributed by atoms with Crippen LogP contribution in [0.4, 0.5) is 0 Å². The van der Waals surface area contributed by atoms with E-state index in [1.165, 1.54) is 0 Å². The molecule has 1 fully saturated rings. The number of pyridine rings is 2. The maximum absolute atomic E-state index is 6.07. The van der Waals surface area contributed by atoms with Crippen LogP contribution in [0.15, 0.2) is 36.8 Å². The number of hydrogen-bond donors (Lipinski definition) is 0. The minimum Gasteiger partial charge on any atom is -0.382 e. The Labute approximate surface area is 180 Å². The molecule has 0 aromatic carbocycles. The minimum atomic E-state index is 0.0150. The van der Waals surface area contributed by atoms with Gasteiger partial charge in [0, 0.05) is 50.3 Å². The van der Waals surface area contributed by atoms with Crippen LogP contribution in [0.1, 0.15) is 0 Å².